The molecule has 0 aromatic heterocycles. The summed E-state index contributed by atoms with van der Waals surface area (Å²) in [6.45, 7) is 2.57. The van der Waals surface area contributed by atoms with Crippen molar-refractivity contribution in [2.45, 2.75) is 32.6 Å². The van der Waals surface area contributed by atoms with Gasteiger partial charge in [-0.25, -0.2) is 9.18 Å². The lowest BCUT2D eigenvalue weighted by Crippen LogP contribution is -2.08. The van der Waals surface area contributed by atoms with Crippen molar-refractivity contribution in [2.75, 3.05) is 11.9 Å². The highest BCUT2D eigenvalue weighted by Crippen LogP contribution is 2.26. The molecule has 0 radical (unpaired) electrons. The van der Waals surface area contributed by atoms with Crippen LogP contribution in [0.1, 0.15) is 43.0 Å². The van der Waals surface area contributed by atoms with Crippen molar-refractivity contribution in [1.82, 2.24) is 0 Å². The summed E-state index contributed by atoms with van der Waals surface area (Å²) in [5.41, 5.74) is -1.29. The number of nitrogens with one attached hydrogen (secondary N) is 1. The Morgan fingerprint density at radius 1 is 1.40 bits per heavy atom. The van der Waals surface area contributed by atoms with Gasteiger partial charge in [-0.3, -0.25) is 10.1 Å². The summed E-state index contributed by atoms with van der Waals surface area (Å²) in [5.74, 6) is -2.28. The second-order valence-electron chi connectivity index (χ2n) is 4.40. The van der Waals surface area contributed by atoms with E-state index in [2.05, 4.69) is 12.2 Å². The molecule has 0 spiro atoms. The highest BCUT2D eigenvalue weighted by Gasteiger charge is 2.23. The fourth-order valence-corrected chi connectivity index (χ4v) is 1.80. The molecule has 0 bridgehead atoms. The molecule has 0 heterocycles. The Bertz CT molecular complexity index is 505. The van der Waals surface area contributed by atoms with Gasteiger partial charge in [0.15, 0.2) is 5.82 Å². The average Bonchev–Trinajstić information content (AvgIpc) is 2.39. The number of carbonyl (C=O) groups is 1. The van der Waals surface area contributed by atoms with Crippen molar-refractivity contribution in [3.8, 4) is 0 Å². The number of carboxylic acids is 1. The van der Waals surface area contributed by atoms with Gasteiger partial charge in [0, 0.05) is 6.54 Å². The van der Waals surface area contributed by atoms with Crippen LogP contribution in [-0.4, -0.2) is 22.5 Å². The van der Waals surface area contributed by atoms with Gasteiger partial charge in [-0.2, -0.15) is 0 Å². The van der Waals surface area contributed by atoms with Crippen LogP contribution in [0, 0.1) is 15.9 Å². The molecule has 0 unspecified atom stereocenters. The van der Waals surface area contributed by atoms with Gasteiger partial charge in [-0.1, -0.05) is 26.2 Å². The Balaban J connectivity index is 2.84. The van der Waals surface area contributed by atoms with Gasteiger partial charge in [0.25, 0.3) is 5.69 Å². The van der Waals surface area contributed by atoms with E-state index in [1.165, 1.54) is 0 Å². The van der Waals surface area contributed by atoms with Crippen LogP contribution in [0.4, 0.5) is 15.8 Å². The first-order valence-corrected chi connectivity index (χ1v) is 6.42. The van der Waals surface area contributed by atoms with E-state index in [-0.39, 0.29) is 5.69 Å². The summed E-state index contributed by atoms with van der Waals surface area (Å²) in [6.07, 6.45) is 3.97. The molecule has 1 aromatic carbocycles. The molecule has 0 aliphatic heterocycles. The standard InChI is InChI=1S/C13H17FN2O4/c1-2-3-4-5-6-15-11-7-9(13(17)18)12(16(19)20)8-10(11)14/h7-8,15H,2-6H2,1H3,(H,17,18). The number of rotatable bonds is 8. The van der Waals surface area contributed by atoms with E-state index in [0.717, 1.165) is 31.7 Å². The van der Waals surface area contributed by atoms with Gasteiger partial charge in [-0.15, -0.1) is 0 Å². The molecule has 7 heteroatoms. The Hall–Kier alpha value is -2.18. The van der Waals surface area contributed by atoms with Crippen molar-refractivity contribution in [3.05, 3.63) is 33.6 Å². The number of anilines is 1. The van der Waals surface area contributed by atoms with Gasteiger partial charge in [-0.05, 0) is 12.5 Å². The second kappa shape index (κ2) is 7.42. The van der Waals surface area contributed by atoms with Crippen molar-refractivity contribution in [2.24, 2.45) is 0 Å². The van der Waals surface area contributed by atoms with Crippen molar-refractivity contribution in [3.63, 3.8) is 0 Å². The summed E-state index contributed by atoms with van der Waals surface area (Å²) in [7, 11) is 0. The molecule has 0 saturated carbocycles. The number of nitro groups is 1. The van der Waals surface area contributed by atoms with E-state index in [1.54, 1.807) is 0 Å². The number of nitro benzene ring substituents is 1. The lowest BCUT2D eigenvalue weighted by molar-refractivity contribution is -0.385. The molecule has 20 heavy (non-hydrogen) atoms. The monoisotopic (exact) mass is 284 g/mol. The Kier molecular flexibility index (Phi) is 5.89. The van der Waals surface area contributed by atoms with Crippen LogP contribution in [0.2, 0.25) is 0 Å². The van der Waals surface area contributed by atoms with Crippen LogP contribution < -0.4 is 5.32 Å². The second-order valence-corrected chi connectivity index (χ2v) is 4.40. The molecule has 110 valence electrons. The van der Waals surface area contributed by atoms with Gasteiger partial charge >= 0.3 is 5.97 Å². The Morgan fingerprint density at radius 3 is 2.65 bits per heavy atom. The zero-order valence-corrected chi connectivity index (χ0v) is 11.2. The van der Waals surface area contributed by atoms with Crippen LogP contribution >= 0.6 is 0 Å². The Morgan fingerprint density at radius 2 is 2.10 bits per heavy atom. The minimum atomic E-state index is -1.45. The minimum absolute atomic E-state index is 0.0236. The van der Waals surface area contributed by atoms with Crippen LogP contribution in [0.5, 0.6) is 0 Å². The third kappa shape index (κ3) is 4.18. The first-order valence-electron chi connectivity index (χ1n) is 6.42. The van der Waals surface area contributed by atoms with E-state index in [4.69, 9.17) is 5.11 Å². The maximum atomic E-state index is 13.7. The highest BCUT2D eigenvalue weighted by atomic mass is 19.1. The van der Waals surface area contributed by atoms with Gasteiger partial charge in [0.05, 0.1) is 16.7 Å². The molecule has 2 N–H and O–H groups in total. The van der Waals surface area contributed by atoms with Gasteiger partial charge < -0.3 is 10.4 Å². The fraction of sp³-hybridized carbons (Fsp3) is 0.462. The van der Waals surface area contributed by atoms with Crippen molar-refractivity contribution < 1.29 is 19.2 Å². The van der Waals surface area contributed by atoms with Crippen LogP contribution in [0.3, 0.4) is 0 Å². The lowest BCUT2D eigenvalue weighted by Gasteiger charge is -2.08. The number of halogens is 1. The van der Waals surface area contributed by atoms with Crippen molar-refractivity contribution >= 4 is 17.3 Å². The number of hydrogen-bond donors (Lipinski definition) is 2. The summed E-state index contributed by atoms with van der Waals surface area (Å²) < 4.78 is 13.7. The normalized spacial score (nSPS) is 10.3. The third-order valence-electron chi connectivity index (χ3n) is 2.86. The van der Waals surface area contributed by atoms with E-state index < -0.39 is 28.0 Å². The smallest absolute Gasteiger partial charge is 0.342 e. The molecule has 6 nitrogen and oxygen atoms in total. The number of unbranched alkanes of at least 4 members (excludes halogenated alkanes) is 3. The Labute approximate surface area is 115 Å². The largest absolute Gasteiger partial charge is 0.477 e. The van der Waals surface area contributed by atoms with Crippen LogP contribution in [0.15, 0.2) is 12.1 Å². The molecule has 0 fully saturated rings. The average molecular weight is 284 g/mol. The fourth-order valence-electron chi connectivity index (χ4n) is 1.80. The van der Waals surface area contributed by atoms with Gasteiger partial charge in [0.1, 0.15) is 5.56 Å². The summed E-state index contributed by atoms with van der Waals surface area (Å²) >= 11 is 0. The minimum Gasteiger partial charge on any atom is -0.477 e. The zero-order chi connectivity index (χ0) is 15.1. The molecule has 0 amide bonds. The van der Waals surface area contributed by atoms with Crippen molar-refractivity contribution in [1.29, 1.82) is 0 Å². The van der Waals surface area contributed by atoms with Crippen LogP contribution in [-0.2, 0) is 0 Å². The predicted molar refractivity (Wildman–Crippen MR) is 72.6 cm³/mol. The summed E-state index contributed by atoms with van der Waals surface area (Å²) in [4.78, 5) is 20.7. The molecule has 0 atom stereocenters. The maximum Gasteiger partial charge on any atom is 0.342 e. The molecule has 0 aliphatic rings. The predicted octanol–water partition coefficient (Wildman–Crippen LogP) is 3.42. The molecule has 1 rings (SSSR count). The number of aromatic carboxylic acids is 1. The highest BCUT2D eigenvalue weighted by molar-refractivity contribution is 5.93. The van der Waals surface area contributed by atoms with E-state index in [9.17, 15) is 19.3 Å². The maximum absolute atomic E-state index is 13.7. The summed E-state index contributed by atoms with van der Waals surface area (Å²) in [5, 5.41) is 22.4. The third-order valence-corrected chi connectivity index (χ3v) is 2.86. The van der Waals surface area contributed by atoms with E-state index >= 15 is 0 Å². The van der Waals surface area contributed by atoms with E-state index in [0.29, 0.717) is 12.6 Å². The van der Waals surface area contributed by atoms with Crippen LogP contribution in [0.25, 0.3) is 0 Å². The first kappa shape index (κ1) is 15.9. The number of hydrogen-bond acceptors (Lipinski definition) is 4. The summed E-state index contributed by atoms with van der Waals surface area (Å²) in [6, 6.07) is 1.60. The van der Waals surface area contributed by atoms with E-state index in [1.807, 2.05) is 0 Å². The number of benzene rings is 1. The number of carboxylic acid groups (broad SMARTS) is 1. The quantitative estimate of drug-likeness (QED) is 0.433. The zero-order valence-electron chi connectivity index (χ0n) is 11.2. The lowest BCUT2D eigenvalue weighted by atomic mass is 10.1. The first-order chi connectivity index (χ1) is 9.47. The molecular weight excluding hydrogens is 267 g/mol. The topological polar surface area (TPSA) is 92.5 Å². The molecule has 0 aliphatic carbocycles. The number of nitrogens with zero attached hydrogens (tertiary/aromatic N) is 1. The molecular formula is C13H17FN2O4. The molecule has 1 aromatic rings. The van der Waals surface area contributed by atoms with Gasteiger partial charge in [0.2, 0.25) is 0 Å². The molecule has 0 saturated heterocycles. The SMILES string of the molecule is CCCCCCNc1cc(C(=O)O)c([N+](=O)[O-])cc1F.